The largest absolute Gasteiger partial charge is 0.523 e. The van der Waals surface area contributed by atoms with Crippen LogP contribution in [0.2, 0.25) is 0 Å². The van der Waals surface area contributed by atoms with E-state index in [0.29, 0.717) is 0 Å². The molecule has 0 aliphatic rings. The summed E-state index contributed by atoms with van der Waals surface area (Å²) in [6.07, 6.45) is -5.36. The SMILES string of the molecule is N#CC(COS(=O)(=O)C(F)(F)F)(c1ccccc1)C(F)(F)F. The summed E-state index contributed by atoms with van der Waals surface area (Å²) in [5, 5.41) is 8.84. The van der Waals surface area contributed by atoms with Gasteiger partial charge in [-0.05, 0) is 5.56 Å². The van der Waals surface area contributed by atoms with Crippen LogP contribution in [-0.4, -0.2) is 26.7 Å². The van der Waals surface area contributed by atoms with Crippen molar-refractivity contribution in [2.45, 2.75) is 17.1 Å². The van der Waals surface area contributed by atoms with E-state index in [0.717, 1.165) is 30.3 Å². The van der Waals surface area contributed by atoms with Gasteiger partial charge >= 0.3 is 21.8 Å². The lowest BCUT2D eigenvalue weighted by Gasteiger charge is -2.29. The molecule has 1 aromatic carbocycles. The topological polar surface area (TPSA) is 67.2 Å². The van der Waals surface area contributed by atoms with Gasteiger partial charge in [0.05, 0.1) is 12.7 Å². The van der Waals surface area contributed by atoms with E-state index in [1.54, 1.807) is 0 Å². The minimum absolute atomic E-state index is 0.734. The van der Waals surface area contributed by atoms with Gasteiger partial charge < -0.3 is 0 Å². The van der Waals surface area contributed by atoms with Gasteiger partial charge in [0.25, 0.3) is 0 Å². The Morgan fingerprint density at radius 2 is 1.55 bits per heavy atom. The standard InChI is InChI=1S/C11H7F6NO3S/c12-10(13,14)9(6-18,8-4-2-1-3-5-8)7-21-22(19,20)11(15,16)17/h1-5H,7H2. The Morgan fingerprint density at radius 1 is 1.05 bits per heavy atom. The normalized spacial score (nSPS) is 15.9. The fraction of sp³-hybridized carbons (Fsp3) is 0.364. The van der Waals surface area contributed by atoms with E-state index < -0.39 is 39.4 Å². The van der Waals surface area contributed by atoms with Crippen LogP contribution in [0.1, 0.15) is 5.56 Å². The second-order valence-electron chi connectivity index (χ2n) is 4.04. The van der Waals surface area contributed by atoms with Crippen molar-refractivity contribution in [2.75, 3.05) is 6.61 Å². The van der Waals surface area contributed by atoms with Crippen LogP contribution in [0.3, 0.4) is 0 Å². The molecule has 0 N–H and O–H groups in total. The Kier molecular flexibility index (Phi) is 4.79. The Morgan fingerprint density at radius 3 is 1.91 bits per heavy atom. The summed E-state index contributed by atoms with van der Waals surface area (Å²) < 4.78 is 101. The number of nitrogens with zero attached hydrogens (tertiary/aromatic N) is 1. The average molecular weight is 347 g/mol. The Hall–Kier alpha value is -1.80. The molecule has 0 aromatic heterocycles. The number of rotatable bonds is 4. The van der Waals surface area contributed by atoms with E-state index >= 15 is 0 Å². The summed E-state index contributed by atoms with van der Waals surface area (Å²) in [6, 6.07) is 6.03. The molecule has 11 heteroatoms. The van der Waals surface area contributed by atoms with E-state index in [1.807, 2.05) is 0 Å². The molecule has 0 aliphatic carbocycles. The lowest BCUT2D eigenvalue weighted by Crippen LogP contribution is -2.46. The van der Waals surface area contributed by atoms with Crippen LogP contribution >= 0.6 is 0 Å². The molecule has 0 bridgehead atoms. The summed E-state index contributed by atoms with van der Waals surface area (Å²) in [6.45, 7) is -2.04. The quantitative estimate of drug-likeness (QED) is 0.477. The third-order valence-electron chi connectivity index (χ3n) is 2.66. The highest BCUT2D eigenvalue weighted by molar-refractivity contribution is 7.87. The highest BCUT2D eigenvalue weighted by Crippen LogP contribution is 2.42. The summed E-state index contributed by atoms with van der Waals surface area (Å²) >= 11 is 0. The van der Waals surface area contributed by atoms with Crippen molar-refractivity contribution in [3.63, 3.8) is 0 Å². The predicted molar refractivity (Wildman–Crippen MR) is 60.7 cm³/mol. The Balaban J connectivity index is 3.30. The van der Waals surface area contributed by atoms with Gasteiger partial charge in [0.1, 0.15) is 0 Å². The van der Waals surface area contributed by atoms with Crippen molar-refractivity contribution in [2.24, 2.45) is 0 Å². The van der Waals surface area contributed by atoms with Crippen LogP contribution in [-0.2, 0) is 19.7 Å². The van der Waals surface area contributed by atoms with Gasteiger partial charge in [-0.3, -0.25) is 4.18 Å². The molecule has 1 atom stereocenters. The molecular weight excluding hydrogens is 340 g/mol. The van der Waals surface area contributed by atoms with Crippen molar-refractivity contribution in [1.82, 2.24) is 0 Å². The van der Waals surface area contributed by atoms with Crippen LogP contribution in [0.15, 0.2) is 30.3 Å². The van der Waals surface area contributed by atoms with Crippen LogP contribution in [0.5, 0.6) is 0 Å². The number of hydrogen-bond acceptors (Lipinski definition) is 4. The van der Waals surface area contributed by atoms with Gasteiger partial charge in [-0.15, -0.1) is 0 Å². The molecule has 4 nitrogen and oxygen atoms in total. The number of alkyl halides is 6. The molecule has 0 fully saturated rings. The molecule has 0 saturated heterocycles. The first-order valence-electron chi connectivity index (χ1n) is 5.36. The minimum atomic E-state index is -6.26. The monoisotopic (exact) mass is 347 g/mol. The van der Waals surface area contributed by atoms with E-state index in [4.69, 9.17) is 5.26 Å². The highest BCUT2D eigenvalue weighted by atomic mass is 32.2. The van der Waals surface area contributed by atoms with Crippen molar-refractivity contribution < 1.29 is 38.9 Å². The molecule has 0 saturated carbocycles. The molecule has 22 heavy (non-hydrogen) atoms. The first-order chi connectivity index (χ1) is 9.87. The Labute approximate surface area is 121 Å². The Bertz CT molecular complexity index is 662. The van der Waals surface area contributed by atoms with Gasteiger partial charge in [0.15, 0.2) is 0 Å². The van der Waals surface area contributed by atoms with E-state index in [2.05, 4.69) is 4.18 Å². The molecule has 0 amide bonds. The second-order valence-corrected chi connectivity index (χ2v) is 5.65. The summed E-state index contributed by atoms with van der Waals surface area (Å²) in [4.78, 5) is 0. The molecular formula is C11H7F6NO3S. The summed E-state index contributed by atoms with van der Waals surface area (Å²) in [5.74, 6) is 0. The first-order valence-corrected chi connectivity index (χ1v) is 6.77. The zero-order valence-electron chi connectivity index (χ0n) is 10.4. The highest BCUT2D eigenvalue weighted by Gasteiger charge is 2.59. The molecule has 122 valence electrons. The lowest BCUT2D eigenvalue weighted by atomic mass is 9.82. The van der Waals surface area contributed by atoms with Crippen molar-refractivity contribution in [1.29, 1.82) is 5.26 Å². The van der Waals surface area contributed by atoms with Gasteiger partial charge in [-0.2, -0.15) is 40.0 Å². The molecule has 1 aromatic rings. The predicted octanol–water partition coefficient (Wildman–Crippen LogP) is 2.88. The summed E-state index contributed by atoms with van der Waals surface area (Å²) in [5.41, 5.74) is -10.2. The van der Waals surface area contributed by atoms with Crippen molar-refractivity contribution in [3.05, 3.63) is 35.9 Å². The molecule has 0 radical (unpaired) electrons. The van der Waals surface area contributed by atoms with Crippen LogP contribution in [0, 0.1) is 11.3 Å². The lowest BCUT2D eigenvalue weighted by molar-refractivity contribution is -0.181. The minimum Gasteiger partial charge on any atom is -0.261 e. The zero-order valence-corrected chi connectivity index (χ0v) is 11.3. The smallest absolute Gasteiger partial charge is 0.261 e. The molecule has 0 spiro atoms. The third kappa shape index (κ3) is 3.33. The van der Waals surface area contributed by atoms with E-state index in [1.165, 1.54) is 6.07 Å². The van der Waals surface area contributed by atoms with Crippen molar-refractivity contribution >= 4 is 10.1 Å². The van der Waals surface area contributed by atoms with Gasteiger partial charge in [-0.25, -0.2) is 0 Å². The van der Waals surface area contributed by atoms with E-state index in [-0.39, 0.29) is 0 Å². The molecule has 1 unspecified atom stereocenters. The second kappa shape index (κ2) is 5.77. The van der Waals surface area contributed by atoms with Gasteiger partial charge in [-0.1, -0.05) is 30.3 Å². The maximum absolute atomic E-state index is 13.2. The van der Waals surface area contributed by atoms with Crippen molar-refractivity contribution in [3.8, 4) is 6.07 Å². The van der Waals surface area contributed by atoms with Gasteiger partial charge in [0.2, 0.25) is 5.41 Å². The van der Waals surface area contributed by atoms with Crippen LogP contribution in [0.25, 0.3) is 0 Å². The number of halogens is 6. The molecule has 0 heterocycles. The maximum Gasteiger partial charge on any atom is 0.523 e. The zero-order chi connectivity index (χ0) is 17.2. The molecule has 0 aliphatic heterocycles. The fourth-order valence-corrected chi connectivity index (χ4v) is 1.91. The third-order valence-corrected chi connectivity index (χ3v) is 3.65. The van der Waals surface area contributed by atoms with Crippen LogP contribution in [0.4, 0.5) is 26.3 Å². The number of nitriles is 1. The molecule has 1 rings (SSSR count). The average Bonchev–Trinajstić information content (AvgIpc) is 2.38. The first kappa shape index (κ1) is 18.2. The van der Waals surface area contributed by atoms with Crippen LogP contribution < -0.4 is 0 Å². The maximum atomic E-state index is 13.2. The van der Waals surface area contributed by atoms with E-state index in [9.17, 15) is 34.8 Å². The number of benzene rings is 1. The number of hydrogen-bond donors (Lipinski definition) is 0. The summed E-state index contributed by atoms with van der Waals surface area (Å²) in [7, 11) is -6.26. The fourth-order valence-electron chi connectivity index (χ4n) is 1.44. The van der Waals surface area contributed by atoms with Gasteiger partial charge in [0, 0.05) is 0 Å².